The van der Waals surface area contributed by atoms with Gasteiger partial charge in [-0.1, -0.05) is 24.3 Å². The Hall–Kier alpha value is -3.03. The monoisotopic (exact) mass is 407 g/mol. The minimum absolute atomic E-state index is 0.249. The van der Waals surface area contributed by atoms with Gasteiger partial charge in [-0.05, 0) is 54.4 Å². The van der Waals surface area contributed by atoms with Crippen molar-refractivity contribution in [3.63, 3.8) is 0 Å². The molecule has 2 heterocycles. The average Bonchev–Trinajstić information content (AvgIpc) is 2.78. The quantitative estimate of drug-likeness (QED) is 0.547. The van der Waals surface area contributed by atoms with Gasteiger partial charge in [-0.2, -0.15) is 4.98 Å². The number of hydrogen-bond donors (Lipinski definition) is 2. The van der Waals surface area contributed by atoms with Crippen molar-refractivity contribution in [3.05, 3.63) is 66.6 Å². The molecule has 0 radical (unpaired) electrons. The Balaban J connectivity index is 1.33. The molecule has 4 rings (SSSR count). The van der Waals surface area contributed by atoms with Crippen LogP contribution in [0, 0.1) is 5.82 Å². The van der Waals surface area contributed by atoms with Crippen molar-refractivity contribution in [2.75, 3.05) is 50.0 Å². The normalized spacial score (nSPS) is 14.4. The lowest BCUT2D eigenvalue weighted by Crippen LogP contribution is -2.37. The van der Waals surface area contributed by atoms with E-state index >= 15 is 0 Å². The number of halogens is 1. The summed E-state index contributed by atoms with van der Waals surface area (Å²) in [7, 11) is 0. The smallest absolute Gasteiger partial charge is 0.229 e. The standard InChI is InChI=1S/C23H26FN5O/c24-20-6-1-4-18(16-20)19-5-2-7-21(17-19)27-23-26-10-8-22(28-23)25-9-3-11-29-12-14-30-15-13-29/h1-2,4-8,10,16-17H,3,9,11-15H2,(H2,25,26,27,28). The molecule has 156 valence electrons. The summed E-state index contributed by atoms with van der Waals surface area (Å²) in [6, 6.07) is 16.2. The highest BCUT2D eigenvalue weighted by atomic mass is 19.1. The molecule has 2 aromatic carbocycles. The fourth-order valence-electron chi connectivity index (χ4n) is 3.43. The Morgan fingerprint density at radius 1 is 1.00 bits per heavy atom. The van der Waals surface area contributed by atoms with Crippen LogP contribution >= 0.6 is 0 Å². The number of aromatic nitrogens is 2. The molecule has 3 aromatic rings. The molecule has 30 heavy (non-hydrogen) atoms. The van der Waals surface area contributed by atoms with Gasteiger partial charge in [0.15, 0.2) is 0 Å². The molecule has 0 spiro atoms. The van der Waals surface area contributed by atoms with E-state index in [0.717, 1.165) is 68.4 Å². The summed E-state index contributed by atoms with van der Waals surface area (Å²) in [6.07, 6.45) is 2.78. The van der Waals surface area contributed by atoms with Gasteiger partial charge in [0.1, 0.15) is 11.6 Å². The second-order valence-corrected chi connectivity index (χ2v) is 7.22. The molecule has 6 nitrogen and oxygen atoms in total. The Morgan fingerprint density at radius 2 is 1.80 bits per heavy atom. The molecular formula is C23H26FN5O. The van der Waals surface area contributed by atoms with Gasteiger partial charge in [0.2, 0.25) is 5.95 Å². The van der Waals surface area contributed by atoms with Crippen LogP contribution in [-0.2, 0) is 4.74 Å². The van der Waals surface area contributed by atoms with Crippen molar-refractivity contribution in [2.24, 2.45) is 0 Å². The van der Waals surface area contributed by atoms with E-state index in [-0.39, 0.29) is 5.82 Å². The van der Waals surface area contributed by atoms with E-state index in [0.29, 0.717) is 5.95 Å². The molecule has 1 aliphatic heterocycles. The van der Waals surface area contributed by atoms with Crippen molar-refractivity contribution in [1.82, 2.24) is 14.9 Å². The van der Waals surface area contributed by atoms with E-state index in [2.05, 4.69) is 25.5 Å². The number of hydrogen-bond acceptors (Lipinski definition) is 6. The minimum Gasteiger partial charge on any atom is -0.379 e. The van der Waals surface area contributed by atoms with Gasteiger partial charge in [0.25, 0.3) is 0 Å². The topological polar surface area (TPSA) is 62.3 Å². The number of rotatable bonds is 8. The maximum Gasteiger partial charge on any atom is 0.229 e. The summed E-state index contributed by atoms with van der Waals surface area (Å²) in [5.74, 6) is 1.06. The molecule has 1 fully saturated rings. The van der Waals surface area contributed by atoms with Crippen LogP contribution in [0.5, 0.6) is 0 Å². The van der Waals surface area contributed by atoms with Gasteiger partial charge in [-0.25, -0.2) is 9.37 Å². The second-order valence-electron chi connectivity index (χ2n) is 7.22. The van der Waals surface area contributed by atoms with Crippen molar-refractivity contribution >= 4 is 17.5 Å². The Morgan fingerprint density at radius 3 is 2.63 bits per heavy atom. The van der Waals surface area contributed by atoms with Gasteiger partial charge in [0.05, 0.1) is 13.2 Å². The van der Waals surface area contributed by atoms with E-state index in [1.54, 1.807) is 12.3 Å². The summed E-state index contributed by atoms with van der Waals surface area (Å²) >= 11 is 0. The van der Waals surface area contributed by atoms with Crippen LogP contribution in [0.2, 0.25) is 0 Å². The van der Waals surface area contributed by atoms with E-state index in [4.69, 9.17) is 4.74 Å². The number of nitrogens with one attached hydrogen (secondary N) is 2. The second kappa shape index (κ2) is 10.1. The summed E-state index contributed by atoms with van der Waals surface area (Å²) in [5.41, 5.74) is 2.60. The van der Waals surface area contributed by atoms with Crippen LogP contribution in [0.1, 0.15) is 6.42 Å². The molecule has 7 heteroatoms. The summed E-state index contributed by atoms with van der Waals surface area (Å²) in [4.78, 5) is 11.3. The lowest BCUT2D eigenvalue weighted by molar-refractivity contribution is 0.0378. The summed E-state index contributed by atoms with van der Waals surface area (Å²) in [5, 5.41) is 6.60. The predicted molar refractivity (Wildman–Crippen MR) is 118 cm³/mol. The first kappa shape index (κ1) is 20.3. The van der Waals surface area contributed by atoms with Crippen molar-refractivity contribution < 1.29 is 9.13 Å². The molecule has 0 bridgehead atoms. The third-order valence-electron chi connectivity index (χ3n) is 4.99. The van der Waals surface area contributed by atoms with E-state index in [1.165, 1.54) is 12.1 Å². The lowest BCUT2D eigenvalue weighted by Gasteiger charge is -2.26. The highest BCUT2D eigenvalue weighted by molar-refractivity contribution is 5.69. The lowest BCUT2D eigenvalue weighted by atomic mass is 10.1. The van der Waals surface area contributed by atoms with Crippen LogP contribution in [0.15, 0.2) is 60.8 Å². The first-order chi connectivity index (χ1) is 14.8. The highest BCUT2D eigenvalue weighted by Gasteiger charge is 2.09. The van der Waals surface area contributed by atoms with Crippen molar-refractivity contribution in [3.8, 4) is 11.1 Å². The van der Waals surface area contributed by atoms with Crippen LogP contribution in [0.3, 0.4) is 0 Å². The Kier molecular flexibility index (Phi) is 6.84. The maximum absolute atomic E-state index is 13.5. The molecule has 0 amide bonds. The fourth-order valence-corrected chi connectivity index (χ4v) is 3.43. The highest BCUT2D eigenvalue weighted by Crippen LogP contribution is 2.24. The third kappa shape index (κ3) is 5.75. The third-order valence-corrected chi connectivity index (χ3v) is 4.99. The van der Waals surface area contributed by atoms with Crippen molar-refractivity contribution in [1.29, 1.82) is 0 Å². The van der Waals surface area contributed by atoms with Gasteiger partial charge in [-0.3, -0.25) is 4.90 Å². The molecule has 1 saturated heterocycles. The molecule has 0 aliphatic carbocycles. The van der Waals surface area contributed by atoms with E-state index in [9.17, 15) is 4.39 Å². The van der Waals surface area contributed by atoms with Gasteiger partial charge >= 0.3 is 0 Å². The van der Waals surface area contributed by atoms with Crippen LogP contribution in [0.25, 0.3) is 11.1 Å². The number of benzene rings is 2. The van der Waals surface area contributed by atoms with Gasteiger partial charge in [0, 0.05) is 31.5 Å². The van der Waals surface area contributed by atoms with Crippen molar-refractivity contribution in [2.45, 2.75) is 6.42 Å². The zero-order valence-corrected chi connectivity index (χ0v) is 16.9. The average molecular weight is 407 g/mol. The molecule has 2 N–H and O–H groups in total. The summed E-state index contributed by atoms with van der Waals surface area (Å²) in [6.45, 7) is 5.58. The number of morpholine rings is 1. The van der Waals surface area contributed by atoms with Crippen LogP contribution < -0.4 is 10.6 Å². The molecule has 0 atom stereocenters. The number of nitrogens with zero attached hydrogens (tertiary/aromatic N) is 3. The largest absolute Gasteiger partial charge is 0.379 e. The maximum atomic E-state index is 13.5. The van der Waals surface area contributed by atoms with Gasteiger partial charge in [-0.15, -0.1) is 0 Å². The van der Waals surface area contributed by atoms with Crippen LogP contribution in [-0.4, -0.2) is 54.3 Å². The molecular weight excluding hydrogens is 381 g/mol. The number of ether oxygens (including phenoxy) is 1. The zero-order valence-electron chi connectivity index (χ0n) is 16.9. The van der Waals surface area contributed by atoms with Gasteiger partial charge < -0.3 is 15.4 Å². The molecule has 0 saturated carbocycles. The minimum atomic E-state index is -0.249. The SMILES string of the molecule is Fc1cccc(-c2cccc(Nc3nccc(NCCCN4CCOCC4)n3)c2)c1. The zero-order chi connectivity index (χ0) is 20.6. The van der Waals surface area contributed by atoms with Crippen LogP contribution in [0.4, 0.5) is 21.8 Å². The summed E-state index contributed by atoms with van der Waals surface area (Å²) < 4.78 is 18.9. The molecule has 0 unspecified atom stereocenters. The molecule has 1 aromatic heterocycles. The van der Waals surface area contributed by atoms with E-state index in [1.807, 2.05) is 36.4 Å². The Bertz CT molecular complexity index is 962. The number of anilines is 3. The van der Waals surface area contributed by atoms with E-state index < -0.39 is 0 Å². The molecule has 1 aliphatic rings. The first-order valence-corrected chi connectivity index (χ1v) is 10.3. The Labute approximate surface area is 176 Å². The predicted octanol–water partition coefficient (Wildman–Crippen LogP) is 4.16. The fraction of sp³-hybridized carbons (Fsp3) is 0.304. The first-order valence-electron chi connectivity index (χ1n) is 10.3.